The lowest BCUT2D eigenvalue weighted by Crippen LogP contribution is -2.39. The highest BCUT2D eigenvalue weighted by molar-refractivity contribution is 6.39. The van der Waals surface area contributed by atoms with Gasteiger partial charge in [-0.15, -0.1) is 0 Å². The second-order valence-corrected chi connectivity index (χ2v) is 7.77. The fourth-order valence-corrected chi connectivity index (χ4v) is 4.32. The average Bonchev–Trinajstić information content (AvgIpc) is 3.16. The number of nitrogens with one attached hydrogen (secondary N) is 2. The molecular weight excluding hydrogens is 399 g/mol. The Hall–Kier alpha value is -2.57. The zero-order chi connectivity index (χ0) is 20.0. The van der Waals surface area contributed by atoms with Gasteiger partial charge in [0.2, 0.25) is 0 Å². The normalized spacial score (nSPS) is 13.7. The second-order valence-electron chi connectivity index (χ2n) is 6.98. The van der Waals surface area contributed by atoms with E-state index < -0.39 is 0 Å². The van der Waals surface area contributed by atoms with Crippen LogP contribution in [-0.2, 0) is 13.0 Å². The Morgan fingerprint density at radius 3 is 2.68 bits per heavy atom. The van der Waals surface area contributed by atoms with Gasteiger partial charge in [-0.2, -0.15) is 5.10 Å². The molecule has 0 radical (unpaired) electrons. The number of hydrogen-bond acceptors (Lipinski definition) is 3. The molecule has 0 unspecified atom stereocenters. The van der Waals surface area contributed by atoms with Crippen molar-refractivity contribution in [3.8, 4) is 11.1 Å². The molecule has 8 heteroatoms. The average molecular weight is 417 g/mol. The molecule has 1 aromatic carbocycles. The van der Waals surface area contributed by atoms with Crippen molar-refractivity contribution in [2.45, 2.75) is 26.8 Å². The van der Waals surface area contributed by atoms with Gasteiger partial charge < -0.3 is 9.88 Å². The van der Waals surface area contributed by atoms with Crippen LogP contribution >= 0.6 is 23.2 Å². The summed E-state index contributed by atoms with van der Waals surface area (Å²) in [4.78, 5) is 30.1. The van der Waals surface area contributed by atoms with Crippen molar-refractivity contribution in [2.75, 3.05) is 6.54 Å². The molecule has 2 aromatic heterocycles. The van der Waals surface area contributed by atoms with E-state index in [1.165, 1.54) is 0 Å². The smallest absolute Gasteiger partial charge is 0.256 e. The van der Waals surface area contributed by atoms with Crippen LogP contribution in [0.25, 0.3) is 11.1 Å². The van der Waals surface area contributed by atoms with Crippen molar-refractivity contribution < 1.29 is 4.79 Å². The number of amides is 1. The SMILES string of the molecule is Cc1cc(C)c(CN2CCc3c(Cl)cc(-c4cn[nH]c4)c(Cl)c3C2=O)c(=O)[nH]1. The monoisotopic (exact) mass is 416 g/mol. The van der Waals surface area contributed by atoms with Crippen LogP contribution in [0.1, 0.15) is 32.7 Å². The van der Waals surface area contributed by atoms with Crippen LogP contribution in [0.3, 0.4) is 0 Å². The summed E-state index contributed by atoms with van der Waals surface area (Å²) in [5.74, 6) is -0.224. The topological polar surface area (TPSA) is 81.8 Å². The number of aromatic nitrogens is 3. The molecule has 0 fully saturated rings. The van der Waals surface area contributed by atoms with Gasteiger partial charge in [-0.05, 0) is 43.5 Å². The largest absolute Gasteiger partial charge is 0.334 e. The summed E-state index contributed by atoms with van der Waals surface area (Å²) in [5, 5.41) is 7.54. The molecule has 4 rings (SSSR count). The van der Waals surface area contributed by atoms with E-state index in [0.717, 1.165) is 22.4 Å². The lowest BCUT2D eigenvalue weighted by Gasteiger charge is -2.30. The number of carbonyl (C=O) groups is 1. The van der Waals surface area contributed by atoms with Gasteiger partial charge in [0.05, 0.1) is 23.3 Å². The molecule has 1 aliphatic rings. The Kier molecular flexibility index (Phi) is 4.77. The Labute approximate surface area is 171 Å². The third-order valence-electron chi connectivity index (χ3n) is 5.10. The van der Waals surface area contributed by atoms with Crippen molar-refractivity contribution >= 4 is 29.1 Å². The fourth-order valence-electron chi connectivity index (χ4n) is 3.67. The maximum atomic E-state index is 13.3. The summed E-state index contributed by atoms with van der Waals surface area (Å²) in [6.07, 6.45) is 3.91. The van der Waals surface area contributed by atoms with Crippen molar-refractivity contribution in [2.24, 2.45) is 0 Å². The van der Waals surface area contributed by atoms with E-state index in [0.29, 0.717) is 39.7 Å². The van der Waals surface area contributed by atoms with Crippen molar-refractivity contribution in [3.05, 3.63) is 72.9 Å². The molecule has 2 N–H and O–H groups in total. The number of aryl methyl sites for hydroxylation is 2. The number of aromatic amines is 2. The predicted molar refractivity (Wildman–Crippen MR) is 109 cm³/mol. The van der Waals surface area contributed by atoms with Gasteiger partial charge in [0.25, 0.3) is 11.5 Å². The third kappa shape index (κ3) is 3.12. The lowest BCUT2D eigenvalue weighted by atomic mass is 9.94. The zero-order valence-electron chi connectivity index (χ0n) is 15.4. The molecule has 0 spiro atoms. The minimum atomic E-state index is -0.224. The van der Waals surface area contributed by atoms with Crippen LogP contribution in [-0.4, -0.2) is 32.5 Å². The number of fused-ring (bicyclic) bond motifs is 1. The van der Waals surface area contributed by atoms with Gasteiger partial charge in [-0.25, -0.2) is 0 Å². The highest BCUT2D eigenvalue weighted by Crippen LogP contribution is 2.39. The first-order valence-electron chi connectivity index (χ1n) is 8.85. The van der Waals surface area contributed by atoms with Crippen LogP contribution in [0.4, 0.5) is 0 Å². The van der Waals surface area contributed by atoms with Crippen LogP contribution < -0.4 is 5.56 Å². The summed E-state index contributed by atoms with van der Waals surface area (Å²) in [7, 11) is 0. The van der Waals surface area contributed by atoms with E-state index in [4.69, 9.17) is 23.2 Å². The first kappa shape index (κ1) is 18.8. The summed E-state index contributed by atoms with van der Waals surface area (Å²) in [5.41, 5.74) is 4.61. The molecule has 6 nitrogen and oxygen atoms in total. The quantitative estimate of drug-likeness (QED) is 0.679. The molecular formula is C20H18Cl2N4O2. The maximum Gasteiger partial charge on any atom is 0.256 e. The number of benzene rings is 1. The van der Waals surface area contributed by atoms with E-state index in [1.807, 2.05) is 19.9 Å². The summed E-state index contributed by atoms with van der Waals surface area (Å²) < 4.78 is 0. The van der Waals surface area contributed by atoms with Crippen molar-refractivity contribution in [1.82, 2.24) is 20.1 Å². The lowest BCUT2D eigenvalue weighted by molar-refractivity contribution is 0.0726. The molecule has 1 aliphatic heterocycles. The minimum absolute atomic E-state index is 0.174. The highest BCUT2D eigenvalue weighted by Gasteiger charge is 2.31. The molecule has 0 aliphatic carbocycles. The molecule has 0 bridgehead atoms. The zero-order valence-corrected chi connectivity index (χ0v) is 16.9. The summed E-state index contributed by atoms with van der Waals surface area (Å²) in [6.45, 7) is 4.41. The predicted octanol–water partition coefficient (Wildman–Crippen LogP) is 3.89. The number of pyridine rings is 1. The van der Waals surface area contributed by atoms with Gasteiger partial charge in [0.15, 0.2) is 0 Å². The van der Waals surface area contributed by atoms with Crippen LogP contribution in [0.2, 0.25) is 10.0 Å². The first-order valence-corrected chi connectivity index (χ1v) is 9.61. The summed E-state index contributed by atoms with van der Waals surface area (Å²) >= 11 is 13.1. The van der Waals surface area contributed by atoms with Gasteiger partial charge in [-0.3, -0.25) is 14.7 Å². The van der Waals surface area contributed by atoms with Gasteiger partial charge in [0, 0.05) is 40.1 Å². The first-order chi connectivity index (χ1) is 13.4. The van der Waals surface area contributed by atoms with E-state index in [-0.39, 0.29) is 18.0 Å². The molecule has 0 saturated carbocycles. The second kappa shape index (κ2) is 7.11. The van der Waals surface area contributed by atoms with Gasteiger partial charge >= 0.3 is 0 Å². The van der Waals surface area contributed by atoms with Crippen molar-refractivity contribution in [3.63, 3.8) is 0 Å². The Morgan fingerprint density at radius 2 is 2.00 bits per heavy atom. The van der Waals surface area contributed by atoms with E-state index in [2.05, 4.69) is 15.2 Å². The fraction of sp³-hybridized carbons (Fsp3) is 0.250. The molecule has 0 saturated heterocycles. The molecule has 28 heavy (non-hydrogen) atoms. The van der Waals surface area contributed by atoms with Gasteiger partial charge in [-0.1, -0.05) is 23.2 Å². The number of rotatable bonds is 3. The Bertz CT molecular complexity index is 1140. The highest BCUT2D eigenvalue weighted by atomic mass is 35.5. The van der Waals surface area contributed by atoms with Gasteiger partial charge in [0.1, 0.15) is 0 Å². The number of H-pyrrole nitrogens is 2. The van der Waals surface area contributed by atoms with E-state index >= 15 is 0 Å². The number of halogens is 2. The molecule has 0 atom stereocenters. The Balaban J connectivity index is 1.75. The minimum Gasteiger partial charge on any atom is -0.334 e. The van der Waals surface area contributed by atoms with E-state index in [9.17, 15) is 9.59 Å². The molecule has 144 valence electrons. The number of carbonyl (C=O) groups excluding carboxylic acids is 1. The van der Waals surface area contributed by atoms with Crippen LogP contribution in [0.5, 0.6) is 0 Å². The molecule has 1 amide bonds. The van der Waals surface area contributed by atoms with Crippen LogP contribution in [0, 0.1) is 13.8 Å². The number of hydrogen-bond donors (Lipinski definition) is 2. The Morgan fingerprint density at radius 1 is 1.21 bits per heavy atom. The number of nitrogens with zero attached hydrogens (tertiary/aromatic N) is 2. The van der Waals surface area contributed by atoms with Crippen LogP contribution in [0.15, 0.2) is 29.3 Å². The summed E-state index contributed by atoms with van der Waals surface area (Å²) in [6, 6.07) is 3.67. The maximum absolute atomic E-state index is 13.3. The third-order valence-corrected chi connectivity index (χ3v) is 5.83. The molecule has 3 aromatic rings. The standard InChI is InChI=1S/C20H18Cl2N4O2/c1-10-5-11(2)25-19(27)15(10)9-26-4-3-13-16(21)6-14(12-7-23-24-8-12)18(22)17(13)20(26)28/h5-8H,3-4,9H2,1-2H3,(H,23,24)(H,25,27). The molecule has 3 heterocycles. The van der Waals surface area contributed by atoms with E-state index in [1.54, 1.807) is 23.4 Å². The van der Waals surface area contributed by atoms with Crippen molar-refractivity contribution in [1.29, 1.82) is 0 Å².